The minimum absolute atomic E-state index is 0.157. The van der Waals surface area contributed by atoms with Crippen molar-refractivity contribution in [2.45, 2.75) is 6.54 Å². The highest BCUT2D eigenvalue weighted by atomic mass is 79.9. The molecule has 0 spiro atoms. The highest BCUT2D eigenvalue weighted by Gasteiger charge is 2.34. The predicted molar refractivity (Wildman–Crippen MR) is 147 cm³/mol. The van der Waals surface area contributed by atoms with Gasteiger partial charge in [-0.2, -0.15) is 0 Å². The second-order valence-corrected chi connectivity index (χ2v) is 9.80. The SMILES string of the molecule is COc1cc(/C=C2\SC(=Nc3ccccc3)N(Cc3ccc(C(=O)O)cc3)C2=O)c(Br)cc1OCC(=O)O. The van der Waals surface area contributed by atoms with E-state index in [9.17, 15) is 19.5 Å². The van der Waals surface area contributed by atoms with Crippen molar-refractivity contribution in [1.29, 1.82) is 0 Å². The van der Waals surface area contributed by atoms with E-state index in [4.69, 9.17) is 14.6 Å². The van der Waals surface area contributed by atoms with Gasteiger partial charge < -0.3 is 19.7 Å². The number of aliphatic imine (C=N–C) groups is 1. The first-order valence-electron chi connectivity index (χ1n) is 11.1. The van der Waals surface area contributed by atoms with Gasteiger partial charge in [-0.15, -0.1) is 0 Å². The summed E-state index contributed by atoms with van der Waals surface area (Å²) in [6.07, 6.45) is 1.69. The Labute approximate surface area is 230 Å². The fourth-order valence-corrected chi connectivity index (χ4v) is 4.92. The molecule has 1 fully saturated rings. The van der Waals surface area contributed by atoms with Crippen molar-refractivity contribution in [2.24, 2.45) is 4.99 Å². The zero-order chi connectivity index (χ0) is 27.2. The third-order valence-electron chi connectivity index (χ3n) is 5.33. The quantitative estimate of drug-likeness (QED) is 0.313. The van der Waals surface area contributed by atoms with E-state index in [1.807, 2.05) is 30.3 Å². The predicted octanol–water partition coefficient (Wildman–Crippen LogP) is 5.42. The van der Waals surface area contributed by atoms with E-state index in [2.05, 4.69) is 20.9 Å². The van der Waals surface area contributed by atoms with E-state index in [1.54, 1.807) is 30.3 Å². The highest BCUT2D eigenvalue weighted by molar-refractivity contribution is 9.10. The monoisotopic (exact) mass is 596 g/mol. The van der Waals surface area contributed by atoms with Gasteiger partial charge in [0.05, 0.1) is 29.8 Å². The van der Waals surface area contributed by atoms with Crippen molar-refractivity contribution in [2.75, 3.05) is 13.7 Å². The summed E-state index contributed by atoms with van der Waals surface area (Å²) in [6, 6.07) is 18.8. The number of rotatable bonds is 9. The normalized spacial score (nSPS) is 15.2. The van der Waals surface area contributed by atoms with E-state index in [0.717, 1.165) is 5.56 Å². The van der Waals surface area contributed by atoms with Gasteiger partial charge in [0.1, 0.15) is 0 Å². The lowest BCUT2D eigenvalue weighted by Gasteiger charge is -2.16. The second-order valence-electron chi connectivity index (χ2n) is 7.94. The van der Waals surface area contributed by atoms with Gasteiger partial charge in [0.2, 0.25) is 0 Å². The van der Waals surface area contributed by atoms with Crippen LogP contribution in [0.1, 0.15) is 21.5 Å². The molecule has 1 heterocycles. The molecule has 1 saturated heterocycles. The molecule has 11 heteroatoms. The molecule has 0 aliphatic carbocycles. The zero-order valence-electron chi connectivity index (χ0n) is 20.0. The Hall–Kier alpha value is -4.09. The molecule has 0 saturated carbocycles. The summed E-state index contributed by atoms with van der Waals surface area (Å²) >= 11 is 4.67. The molecule has 1 aliphatic rings. The van der Waals surface area contributed by atoms with Crippen LogP contribution in [0.3, 0.4) is 0 Å². The molecule has 1 amide bonds. The van der Waals surface area contributed by atoms with Gasteiger partial charge >= 0.3 is 11.9 Å². The fourth-order valence-electron chi connectivity index (χ4n) is 3.49. The number of carboxylic acid groups (broad SMARTS) is 2. The van der Waals surface area contributed by atoms with Crippen LogP contribution in [-0.2, 0) is 16.1 Å². The first-order valence-corrected chi connectivity index (χ1v) is 12.8. The molecule has 4 rings (SSSR count). The number of amides is 1. The molecule has 9 nitrogen and oxygen atoms in total. The Balaban J connectivity index is 1.68. The Morgan fingerprint density at radius 1 is 1.05 bits per heavy atom. The number of aromatic carboxylic acids is 1. The molecular weight excluding hydrogens is 576 g/mol. The van der Waals surface area contributed by atoms with Crippen LogP contribution in [-0.4, -0.2) is 51.8 Å². The number of amidine groups is 1. The number of thioether (sulfide) groups is 1. The van der Waals surface area contributed by atoms with Crippen LogP contribution in [0.25, 0.3) is 6.08 Å². The molecule has 38 heavy (non-hydrogen) atoms. The maximum atomic E-state index is 13.5. The largest absolute Gasteiger partial charge is 0.493 e. The molecule has 0 radical (unpaired) electrons. The molecule has 0 aromatic heterocycles. The number of para-hydroxylation sites is 1. The number of benzene rings is 3. The highest BCUT2D eigenvalue weighted by Crippen LogP contribution is 2.39. The third-order valence-corrected chi connectivity index (χ3v) is 7.02. The topological polar surface area (TPSA) is 126 Å². The van der Waals surface area contributed by atoms with Crippen molar-refractivity contribution in [3.63, 3.8) is 0 Å². The molecule has 2 N–H and O–H groups in total. The molecule has 1 aliphatic heterocycles. The lowest BCUT2D eigenvalue weighted by Crippen LogP contribution is -2.28. The summed E-state index contributed by atoms with van der Waals surface area (Å²) in [4.78, 5) is 42.2. The number of hydrogen-bond acceptors (Lipinski definition) is 7. The van der Waals surface area contributed by atoms with Gasteiger partial charge in [-0.1, -0.05) is 46.3 Å². The van der Waals surface area contributed by atoms with E-state index in [1.165, 1.54) is 35.9 Å². The summed E-state index contributed by atoms with van der Waals surface area (Å²) in [5.41, 5.74) is 2.20. The van der Waals surface area contributed by atoms with Crippen molar-refractivity contribution in [1.82, 2.24) is 4.90 Å². The fraction of sp³-hybridized carbons (Fsp3) is 0.111. The minimum Gasteiger partial charge on any atom is -0.493 e. The van der Waals surface area contributed by atoms with Gasteiger partial charge in [0.15, 0.2) is 23.3 Å². The van der Waals surface area contributed by atoms with Gasteiger partial charge in [0, 0.05) is 4.47 Å². The molecule has 194 valence electrons. The minimum atomic E-state index is -1.12. The number of carbonyl (C=O) groups excluding carboxylic acids is 1. The van der Waals surface area contributed by atoms with Crippen LogP contribution in [0.15, 0.2) is 81.1 Å². The average molecular weight is 597 g/mol. The molecule has 0 bridgehead atoms. The maximum absolute atomic E-state index is 13.5. The summed E-state index contributed by atoms with van der Waals surface area (Å²) in [6.45, 7) is -0.333. The zero-order valence-corrected chi connectivity index (χ0v) is 22.4. The maximum Gasteiger partial charge on any atom is 0.341 e. The van der Waals surface area contributed by atoms with Crippen molar-refractivity contribution in [3.8, 4) is 11.5 Å². The van der Waals surface area contributed by atoms with Crippen LogP contribution in [0.4, 0.5) is 5.69 Å². The van der Waals surface area contributed by atoms with Crippen LogP contribution in [0.2, 0.25) is 0 Å². The van der Waals surface area contributed by atoms with Crippen molar-refractivity contribution < 1.29 is 34.1 Å². The molecular formula is C27H21BrN2O7S. The van der Waals surface area contributed by atoms with E-state index >= 15 is 0 Å². The number of hydrogen-bond donors (Lipinski definition) is 2. The third kappa shape index (κ3) is 6.42. The lowest BCUT2D eigenvalue weighted by molar-refractivity contribution is -0.139. The summed E-state index contributed by atoms with van der Waals surface area (Å²) in [5.74, 6) is -1.87. The molecule has 0 unspecified atom stereocenters. The Bertz CT molecular complexity index is 1440. The summed E-state index contributed by atoms with van der Waals surface area (Å²) < 4.78 is 11.2. The van der Waals surface area contributed by atoms with Crippen molar-refractivity contribution >= 4 is 62.5 Å². The summed E-state index contributed by atoms with van der Waals surface area (Å²) in [7, 11) is 1.44. The first-order chi connectivity index (χ1) is 18.2. The van der Waals surface area contributed by atoms with Crippen LogP contribution >= 0.6 is 27.7 Å². The number of halogens is 1. The van der Waals surface area contributed by atoms with Crippen LogP contribution in [0, 0.1) is 0 Å². The number of aliphatic carboxylic acids is 1. The van der Waals surface area contributed by atoms with Crippen molar-refractivity contribution in [3.05, 3.63) is 92.8 Å². The number of ether oxygens (including phenoxy) is 2. The Kier molecular flexibility index (Phi) is 8.49. The van der Waals surface area contributed by atoms with E-state index < -0.39 is 18.5 Å². The standard InChI is InChI=1S/C27H21BrN2O7S/c1-36-21-11-18(20(28)13-22(21)37-15-24(31)32)12-23-25(33)30(14-16-7-9-17(10-8-16)26(34)35)27(38-23)29-19-5-3-2-4-6-19/h2-13H,14-15H2,1H3,(H,31,32)(H,34,35)/b23-12-,29-27?. The second kappa shape index (κ2) is 12.0. The van der Waals surface area contributed by atoms with Gasteiger partial charge in [-0.3, -0.25) is 9.69 Å². The van der Waals surface area contributed by atoms with Gasteiger partial charge in [0.25, 0.3) is 5.91 Å². The van der Waals surface area contributed by atoms with E-state index in [0.29, 0.717) is 31.5 Å². The Morgan fingerprint density at radius 2 is 1.76 bits per heavy atom. The van der Waals surface area contributed by atoms with Gasteiger partial charge in [-0.05, 0) is 65.4 Å². The number of methoxy groups -OCH3 is 1. The first kappa shape index (κ1) is 27.0. The lowest BCUT2D eigenvalue weighted by atomic mass is 10.1. The molecule has 3 aromatic rings. The van der Waals surface area contributed by atoms with Crippen LogP contribution < -0.4 is 9.47 Å². The van der Waals surface area contributed by atoms with Crippen LogP contribution in [0.5, 0.6) is 11.5 Å². The van der Waals surface area contributed by atoms with E-state index in [-0.39, 0.29) is 23.8 Å². The average Bonchev–Trinajstić information content (AvgIpc) is 3.18. The number of carboxylic acids is 2. The number of nitrogens with zero attached hydrogens (tertiary/aromatic N) is 2. The molecule has 3 aromatic carbocycles. The summed E-state index contributed by atoms with van der Waals surface area (Å²) in [5, 5.41) is 18.6. The molecule has 0 atom stereocenters. The van der Waals surface area contributed by atoms with Gasteiger partial charge in [-0.25, -0.2) is 14.6 Å². The number of carbonyl (C=O) groups is 3. The Morgan fingerprint density at radius 3 is 2.39 bits per heavy atom. The smallest absolute Gasteiger partial charge is 0.341 e.